The van der Waals surface area contributed by atoms with Gasteiger partial charge in [0, 0.05) is 50.7 Å². The lowest BCUT2D eigenvalue weighted by Crippen LogP contribution is -2.38. The van der Waals surface area contributed by atoms with Gasteiger partial charge in [-0.3, -0.25) is 9.79 Å². The fraction of sp³-hybridized carbons (Fsp3) is 0.733. The number of carbonyl (C=O) groups excluding carboxylic acids is 1. The highest BCUT2D eigenvalue weighted by atomic mass is 32.2. The quantitative estimate of drug-likeness (QED) is 0.278. The molecular weight excluding hydrogens is 284 g/mol. The molecular formula is C15H28N4OS. The van der Waals surface area contributed by atoms with Gasteiger partial charge in [-0.15, -0.1) is 6.58 Å². The summed E-state index contributed by atoms with van der Waals surface area (Å²) in [5.74, 6) is 3.19. The van der Waals surface area contributed by atoms with E-state index in [1.165, 1.54) is 0 Å². The Labute approximate surface area is 132 Å². The number of nitrogens with zero attached hydrogens (tertiary/aromatic N) is 2. The second-order valence-corrected chi connectivity index (χ2v) is 6.04. The molecule has 1 aliphatic heterocycles. The van der Waals surface area contributed by atoms with Gasteiger partial charge in [0.2, 0.25) is 5.91 Å². The van der Waals surface area contributed by atoms with Crippen molar-refractivity contribution in [3.8, 4) is 0 Å². The molecule has 0 aromatic heterocycles. The molecule has 0 aromatic carbocycles. The van der Waals surface area contributed by atoms with Crippen molar-refractivity contribution in [3.63, 3.8) is 0 Å². The van der Waals surface area contributed by atoms with E-state index < -0.39 is 0 Å². The maximum Gasteiger partial charge on any atom is 0.222 e. The third kappa shape index (κ3) is 7.99. The molecule has 1 amide bonds. The van der Waals surface area contributed by atoms with Crippen molar-refractivity contribution >= 4 is 23.6 Å². The number of aliphatic imine (C=N–C) groups is 1. The zero-order valence-electron chi connectivity index (χ0n) is 13.1. The molecule has 5 nitrogen and oxygen atoms in total. The Morgan fingerprint density at radius 3 is 3.05 bits per heavy atom. The molecule has 0 saturated carbocycles. The minimum absolute atomic E-state index is 0.295. The second kappa shape index (κ2) is 11.5. The average molecular weight is 312 g/mol. The van der Waals surface area contributed by atoms with E-state index >= 15 is 0 Å². The topological polar surface area (TPSA) is 56.7 Å². The molecule has 0 aromatic rings. The summed E-state index contributed by atoms with van der Waals surface area (Å²) in [6, 6.07) is 0. The fourth-order valence-corrected chi connectivity index (χ4v) is 2.72. The molecule has 1 saturated heterocycles. The first-order valence-electron chi connectivity index (χ1n) is 7.76. The Hall–Kier alpha value is -1.17. The largest absolute Gasteiger partial charge is 0.357 e. The number of hydrogen-bond acceptors (Lipinski definition) is 3. The van der Waals surface area contributed by atoms with Crippen molar-refractivity contribution in [3.05, 3.63) is 12.7 Å². The van der Waals surface area contributed by atoms with E-state index in [1.54, 1.807) is 0 Å². The zero-order valence-corrected chi connectivity index (χ0v) is 13.9. The van der Waals surface area contributed by atoms with E-state index in [2.05, 4.69) is 29.1 Å². The Kier molecular flexibility index (Phi) is 9.78. The number of nitrogens with one attached hydrogen (secondary N) is 2. The van der Waals surface area contributed by atoms with Crippen molar-refractivity contribution in [2.24, 2.45) is 4.99 Å². The number of carbonyl (C=O) groups is 1. The van der Waals surface area contributed by atoms with Gasteiger partial charge in [-0.25, -0.2) is 0 Å². The van der Waals surface area contributed by atoms with Crippen molar-refractivity contribution < 1.29 is 4.79 Å². The number of amides is 1. The minimum atomic E-state index is 0.295. The van der Waals surface area contributed by atoms with E-state index in [9.17, 15) is 4.79 Å². The minimum Gasteiger partial charge on any atom is -0.357 e. The first kappa shape index (κ1) is 17.9. The van der Waals surface area contributed by atoms with Crippen LogP contribution in [0, 0.1) is 0 Å². The standard InChI is InChI=1S/C15H28N4OS/c1-3-12-21-13-9-18-15(16-4-2)17-8-6-11-19-10-5-7-14(19)20/h3H,1,4-13H2,2H3,(H2,16,17,18). The molecule has 0 bridgehead atoms. The van der Waals surface area contributed by atoms with E-state index in [1.807, 2.05) is 22.7 Å². The first-order chi connectivity index (χ1) is 10.3. The molecule has 1 fully saturated rings. The lowest BCUT2D eigenvalue weighted by Gasteiger charge is -2.15. The SMILES string of the molecule is C=CCSCCNC(=NCCCN1CCCC1=O)NCC. The molecule has 1 aliphatic rings. The predicted octanol–water partition coefficient (Wildman–Crippen LogP) is 1.47. The van der Waals surface area contributed by atoms with Crippen LogP contribution in [-0.2, 0) is 4.79 Å². The molecule has 2 N–H and O–H groups in total. The number of hydrogen-bond donors (Lipinski definition) is 2. The second-order valence-electron chi connectivity index (χ2n) is 4.89. The summed E-state index contributed by atoms with van der Waals surface area (Å²) < 4.78 is 0. The fourth-order valence-electron chi connectivity index (χ4n) is 2.14. The van der Waals surface area contributed by atoms with Crippen molar-refractivity contribution in [2.75, 3.05) is 44.2 Å². The molecule has 1 rings (SSSR count). The monoisotopic (exact) mass is 312 g/mol. The molecule has 0 unspecified atom stereocenters. The predicted molar refractivity (Wildman–Crippen MR) is 91.9 cm³/mol. The summed E-state index contributed by atoms with van der Waals surface area (Å²) >= 11 is 1.85. The van der Waals surface area contributed by atoms with E-state index in [4.69, 9.17) is 0 Å². The highest BCUT2D eigenvalue weighted by molar-refractivity contribution is 7.99. The molecule has 0 atom stereocenters. The summed E-state index contributed by atoms with van der Waals surface area (Å²) in [5.41, 5.74) is 0. The average Bonchev–Trinajstić information content (AvgIpc) is 2.88. The van der Waals surface area contributed by atoms with Crippen LogP contribution in [0.1, 0.15) is 26.2 Å². The maximum atomic E-state index is 11.5. The van der Waals surface area contributed by atoms with Gasteiger partial charge in [-0.1, -0.05) is 6.08 Å². The third-order valence-corrected chi connectivity index (χ3v) is 4.11. The summed E-state index contributed by atoms with van der Waals surface area (Å²) in [5, 5.41) is 6.56. The van der Waals surface area contributed by atoms with Crippen LogP contribution < -0.4 is 10.6 Å². The van der Waals surface area contributed by atoms with Gasteiger partial charge < -0.3 is 15.5 Å². The van der Waals surface area contributed by atoms with Crippen LogP contribution in [0.25, 0.3) is 0 Å². The van der Waals surface area contributed by atoms with Crippen LogP contribution in [-0.4, -0.2) is 61.0 Å². The van der Waals surface area contributed by atoms with E-state index in [0.29, 0.717) is 5.91 Å². The molecule has 21 heavy (non-hydrogen) atoms. The molecule has 120 valence electrons. The Morgan fingerprint density at radius 1 is 1.52 bits per heavy atom. The summed E-state index contributed by atoms with van der Waals surface area (Å²) in [6.45, 7) is 10.0. The molecule has 0 spiro atoms. The van der Waals surface area contributed by atoms with Gasteiger partial charge in [0.05, 0.1) is 0 Å². The Balaban J connectivity index is 2.17. The lowest BCUT2D eigenvalue weighted by molar-refractivity contribution is -0.127. The van der Waals surface area contributed by atoms with Gasteiger partial charge in [-0.2, -0.15) is 11.8 Å². The van der Waals surface area contributed by atoms with Gasteiger partial charge in [-0.05, 0) is 19.8 Å². The summed E-state index contributed by atoms with van der Waals surface area (Å²) in [4.78, 5) is 18.0. The van der Waals surface area contributed by atoms with Crippen LogP contribution in [0.15, 0.2) is 17.6 Å². The van der Waals surface area contributed by atoms with Gasteiger partial charge in [0.15, 0.2) is 5.96 Å². The van der Waals surface area contributed by atoms with Gasteiger partial charge in [0.25, 0.3) is 0 Å². The number of rotatable bonds is 10. The molecule has 0 aliphatic carbocycles. The summed E-state index contributed by atoms with van der Waals surface area (Å²) in [6.07, 6.45) is 4.57. The maximum absolute atomic E-state index is 11.5. The number of thioether (sulfide) groups is 1. The number of likely N-dealkylation sites (tertiary alicyclic amines) is 1. The Bertz CT molecular complexity index is 347. The zero-order chi connectivity index (χ0) is 15.3. The Morgan fingerprint density at radius 2 is 2.38 bits per heavy atom. The first-order valence-corrected chi connectivity index (χ1v) is 8.92. The highest BCUT2D eigenvalue weighted by Gasteiger charge is 2.18. The van der Waals surface area contributed by atoms with Crippen LogP contribution in [0.4, 0.5) is 0 Å². The van der Waals surface area contributed by atoms with Crippen LogP contribution in [0.3, 0.4) is 0 Å². The summed E-state index contributed by atoms with van der Waals surface area (Å²) in [7, 11) is 0. The van der Waals surface area contributed by atoms with Crippen LogP contribution in [0.5, 0.6) is 0 Å². The smallest absolute Gasteiger partial charge is 0.222 e. The van der Waals surface area contributed by atoms with Crippen LogP contribution in [0.2, 0.25) is 0 Å². The van der Waals surface area contributed by atoms with Gasteiger partial charge in [0.1, 0.15) is 0 Å². The molecule has 1 heterocycles. The normalized spacial score (nSPS) is 15.4. The third-order valence-electron chi connectivity index (χ3n) is 3.15. The van der Waals surface area contributed by atoms with Crippen molar-refractivity contribution in [1.29, 1.82) is 0 Å². The van der Waals surface area contributed by atoms with Crippen molar-refractivity contribution in [2.45, 2.75) is 26.2 Å². The molecule has 6 heteroatoms. The lowest BCUT2D eigenvalue weighted by atomic mass is 10.4. The van der Waals surface area contributed by atoms with Gasteiger partial charge >= 0.3 is 0 Å². The van der Waals surface area contributed by atoms with E-state index in [-0.39, 0.29) is 0 Å². The van der Waals surface area contributed by atoms with Crippen molar-refractivity contribution in [1.82, 2.24) is 15.5 Å². The number of guanidine groups is 1. The van der Waals surface area contributed by atoms with Crippen LogP contribution >= 0.6 is 11.8 Å². The molecule has 0 radical (unpaired) electrons. The highest BCUT2D eigenvalue weighted by Crippen LogP contribution is 2.09. The van der Waals surface area contributed by atoms with E-state index in [0.717, 1.165) is 69.5 Å².